The number of aldehydes is 1. The van der Waals surface area contributed by atoms with Crippen molar-refractivity contribution in [2.24, 2.45) is 13.0 Å². The maximum atomic E-state index is 10.4. The number of aryl methyl sites for hydroxylation is 1. The van der Waals surface area contributed by atoms with E-state index >= 15 is 0 Å². The zero-order valence-corrected chi connectivity index (χ0v) is 7.74. The number of hydrogen-bond acceptors (Lipinski definition) is 2. The molecule has 0 aliphatic heterocycles. The van der Waals surface area contributed by atoms with Gasteiger partial charge in [-0.15, -0.1) is 0 Å². The van der Waals surface area contributed by atoms with Crippen LogP contribution in [-0.4, -0.2) is 15.8 Å². The van der Waals surface area contributed by atoms with Gasteiger partial charge < -0.3 is 4.57 Å². The maximum absolute atomic E-state index is 10.4. The highest BCUT2D eigenvalue weighted by molar-refractivity contribution is 5.69. The van der Waals surface area contributed by atoms with Crippen LogP contribution < -0.4 is 0 Å². The second kappa shape index (κ2) is 3.52. The summed E-state index contributed by atoms with van der Waals surface area (Å²) in [7, 11) is 1.83. The first-order chi connectivity index (χ1) is 5.63. The van der Waals surface area contributed by atoms with Crippen molar-refractivity contribution in [3.8, 4) is 0 Å². The number of imidazole rings is 1. The van der Waals surface area contributed by atoms with E-state index in [9.17, 15) is 4.79 Å². The van der Waals surface area contributed by atoms with E-state index in [0.717, 1.165) is 18.4 Å². The van der Waals surface area contributed by atoms with E-state index in [-0.39, 0.29) is 0 Å². The predicted octanol–water partition coefficient (Wildman–Crippen LogP) is 1.43. The van der Waals surface area contributed by atoms with Crippen LogP contribution in [-0.2, 0) is 13.5 Å². The lowest BCUT2D eigenvalue weighted by Crippen LogP contribution is -1.94. The minimum Gasteiger partial charge on any atom is -0.332 e. The predicted molar refractivity (Wildman–Crippen MR) is 47.1 cm³/mol. The Morgan fingerprint density at radius 3 is 2.75 bits per heavy atom. The largest absolute Gasteiger partial charge is 0.332 e. The van der Waals surface area contributed by atoms with Crippen LogP contribution in [0, 0.1) is 5.92 Å². The fourth-order valence-electron chi connectivity index (χ4n) is 1.17. The van der Waals surface area contributed by atoms with Crippen molar-refractivity contribution < 1.29 is 4.79 Å². The normalized spacial score (nSPS) is 10.7. The second-order valence-corrected chi connectivity index (χ2v) is 3.42. The van der Waals surface area contributed by atoms with Gasteiger partial charge in [0.25, 0.3) is 0 Å². The van der Waals surface area contributed by atoms with E-state index in [1.54, 1.807) is 4.57 Å². The van der Waals surface area contributed by atoms with Gasteiger partial charge in [0, 0.05) is 13.2 Å². The minimum absolute atomic E-state index is 0.505. The van der Waals surface area contributed by atoms with Crippen molar-refractivity contribution >= 4 is 6.29 Å². The number of carbonyl (C=O) groups is 1. The summed E-state index contributed by atoms with van der Waals surface area (Å²) in [4.78, 5) is 14.6. The highest BCUT2D eigenvalue weighted by Crippen LogP contribution is 2.06. The van der Waals surface area contributed by atoms with Gasteiger partial charge in [0.1, 0.15) is 0 Å². The first kappa shape index (κ1) is 8.97. The van der Waals surface area contributed by atoms with E-state index in [4.69, 9.17) is 0 Å². The number of aromatic nitrogens is 2. The van der Waals surface area contributed by atoms with Crippen molar-refractivity contribution in [2.45, 2.75) is 20.3 Å². The quantitative estimate of drug-likeness (QED) is 0.637. The number of hydrogen-bond donors (Lipinski definition) is 0. The zero-order valence-electron chi connectivity index (χ0n) is 7.74. The molecule has 0 radical (unpaired) electrons. The van der Waals surface area contributed by atoms with Crippen molar-refractivity contribution in [1.82, 2.24) is 9.55 Å². The zero-order chi connectivity index (χ0) is 9.14. The summed E-state index contributed by atoms with van der Waals surface area (Å²) in [6.07, 6.45) is 3.62. The average Bonchev–Trinajstić information content (AvgIpc) is 2.29. The fourth-order valence-corrected chi connectivity index (χ4v) is 1.17. The lowest BCUT2D eigenvalue weighted by Gasteiger charge is -1.98. The van der Waals surface area contributed by atoms with Crippen molar-refractivity contribution in [2.75, 3.05) is 0 Å². The molecule has 0 spiro atoms. The van der Waals surface area contributed by atoms with Gasteiger partial charge in [-0.2, -0.15) is 0 Å². The van der Waals surface area contributed by atoms with Crippen molar-refractivity contribution in [1.29, 1.82) is 0 Å². The molecule has 0 aromatic carbocycles. The second-order valence-electron chi connectivity index (χ2n) is 3.42. The Labute approximate surface area is 72.4 Å². The van der Waals surface area contributed by atoms with Crippen LogP contribution in [0.2, 0.25) is 0 Å². The summed E-state index contributed by atoms with van der Waals surface area (Å²) in [6.45, 7) is 4.27. The molecule has 66 valence electrons. The van der Waals surface area contributed by atoms with Gasteiger partial charge in [-0.05, 0) is 12.3 Å². The summed E-state index contributed by atoms with van der Waals surface area (Å²) in [6, 6.07) is 0. The molecule has 1 aromatic heterocycles. The average molecular weight is 166 g/mol. The van der Waals surface area contributed by atoms with Gasteiger partial charge in [-0.3, -0.25) is 4.79 Å². The third-order valence-electron chi connectivity index (χ3n) is 1.68. The smallest absolute Gasteiger partial charge is 0.185 e. The Morgan fingerprint density at radius 1 is 1.67 bits per heavy atom. The van der Waals surface area contributed by atoms with Crippen LogP contribution >= 0.6 is 0 Å². The van der Waals surface area contributed by atoms with Crippen LogP contribution in [0.1, 0.15) is 30.2 Å². The summed E-state index contributed by atoms with van der Waals surface area (Å²) < 4.78 is 1.75. The van der Waals surface area contributed by atoms with Gasteiger partial charge in [-0.1, -0.05) is 13.8 Å². The first-order valence-electron chi connectivity index (χ1n) is 4.11. The highest BCUT2D eigenvalue weighted by Gasteiger charge is 2.04. The number of carbonyl (C=O) groups excluding carboxylic acids is 1. The molecule has 0 saturated carbocycles. The van der Waals surface area contributed by atoms with E-state index in [0.29, 0.717) is 11.7 Å². The Bertz CT molecular complexity index is 276. The molecule has 0 saturated heterocycles. The standard InChI is InChI=1S/C9H14N2O/c1-7(2)4-8-5-11(3)9(6-12)10-8/h5-7H,4H2,1-3H3. The fraction of sp³-hybridized carbons (Fsp3) is 0.556. The van der Waals surface area contributed by atoms with Crippen LogP contribution in [0.4, 0.5) is 0 Å². The molecule has 0 bridgehead atoms. The molecule has 0 unspecified atom stereocenters. The van der Waals surface area contributed by atoms with E-state index in [2.05, 4.69) is 18.8 Å². The van der Waals surface area contributed by atoms with Crippen LogP contribution in [0.25, 0.3) is 0 Å². The molecule has 0 fully saturated rings. The van der Waals surface area contributed by atoms with Crippen LogP contribution in [0.15, 0.2) is 6.20 Å². The third-order valence-corrected chi connectivity index (χ3v) is 1.68. The minimum atomic E-state index is 0.505. The third kappa shape index (κ3) is 1.94. The van der Waals surface area contributed by atoms with Crippen molar-refractivity contribution in [3.05, 3.63) is 17.7 Å². The topological polar surface area (TPSA) is 34.9 Å². The molecule has 0 aliphatic carbocycles. The Hall–Kier alpha value is -1.12. The molecular formula is C9H14N2O. The van der Waals surface area contributed by atoms with Gasteiger partial charge >= 0.3 is 0 Å². The molecule has 0 N–H and O–H groups in total. The molecule has 1 aromatic rings. The van der Waals surface area contributed by atoms with E-state index in [1.165, 1.54) is 0 Å². The number of rotatable bonds is 3. The first-order valence-corrected chi connectivity index (χ1v) is 4.11. The molecule has 0 atom stereocenters. The van der Waals surface area contributed by atoms with Gasteiger partial charge in [0.2, 0.25) is 0 Å². The molecule has 3 heteroatoms. The molecule has 1 rings (SSSR count). The summed E-state index contributed by atoms with van der Waals surface area (Å²) in [5, 5.41) is 0. The lowest BCUT2D eigenvalue weighted by atomic mass is 10.1. The molecule has 3 nitrogen and oxygen atoms in total. The SMILES string of the molecule is CC(C)Cc1cn(C)c(C=O)n1. The summed E-state index contributed by atoms with van der Waals surface area (Å²) in [5.74, 6) is 1.09. The molecule has 0 amide bonds. The van der Waals surface area contributed by atoms with Gasteiger partial charge in [0.05, 0.1) is 5.69 Å². The monoisotopic (exact) mass is 166 g/mol. The highest BCUT2D eigenvalue weighted by atomic mass is 16.1. The molecule has 0 aliphatic rings. The molecular weight excluding hydrogens is 152 g/mol. The van der Waals surface area contributed by atoms with Crippen LogP contribution in [0.3, 0.4) is 0 Å². The van der Waals surface area contributed by atoms with Crippen molar-refractivity contribution in [3.63, 3.8) is 0 Å². The van der Waals surface area contributed by atoms with Gasteiger partial charge in [0.15, 0.2) is 12.1 Å². The Morgan fingerprint density at radius 2 is 2.33 bits per heavy atom. The van der Waals surface area contributed by atoms with Gasteiger partial charge in [-0.25, -0.2) is 4.98 Å². The van der Waals surface area contributed by atoms with E-state index < -0.39 is 0 Å². The lowest BCUT2D eigenvalue weighted by molar-refractivity contribution is 0.111. The molecule has 12 heavy (non-hydrogen) atoms. The Kier molecular flexibility index (Phi) is 2.63. The molecule has 1 heterocycles. The Balaban J connectivity index is 2.82. The van der Waals surface area contributed by atoms with Crippen LogP contribution in [0.5, 0.6) is 0 Å². The number of nitrogens with zero attached hydrogens (tertiary/aromatic N) is 2. The van der Waals surface area contributed by atoms with E-state index in [1.807, 2.05) is 13.2 Å². The summed E-state index contributed by atoms with van der Waals surface area (Å²) in [5.41, 5.74) is 0.995. The summed E-state index contributed by atoms with van der Waals surface area (Å²) >= 11 is 0. The maximum Gasteiger partial charge on any atom is 0.185 e.